The molecule has 1 fully saturated rings. The van der Waals surface area contributed by atoms with Crippen molar-refractivity contribution in [3.63, 3.8) is 0 Å². The van der Waals surface area contributed by atoms with Gasteiger partial charge in [0.2, 0.25) is 5.91 Å². The quantitative estimate of drug-likeness (QED) is 0.906. The van der Waals surface area contributed by atoms with Crippen LogP contribution in [0.4, 0.5) is 0 Å². The predicted molar refractivity (Wildman–Crippen MR) is 92.2 cm³/mol. The summed E-state index contributed by atoms with van der Waals surface area (Å²) in [4.78, 5) is 27.1. The number of carbonyl (C=O) groups excluding carboxylic acids is 2. The van der Waals surface area contributed by atoms with Crippen molar-refractivity contribution in [1.29, 1.82) is 0 Å². The summed E-state index contributed by atoms with van der Waals surface area (Å²) < 4.78 is 0. The SMILES string of the molecule is CC(C)C(NC(=O)c1ccccc1)C(=O)N(C)C1CCCCC1. The van der Waals surface area contributed by atoms with Crippen LogP contribution in [0.1, 0.15) is 56.3 Å². The van der Waals surface area contributed by atoms with Gasteiger partial charge in [0.25, 0.3) is 5.91 Å². The summed E-state index contributed by atoms with van der Waals surface area (Å²) in [6.45, 7) is 3.95. The lowest BCUT2D eigenvalue weighted by Crippen LogP contribution is -2.53. The number of likely N-dealkylation sites (N-methyl/N-ethyl adjacent to an activating group) is 1. The normalized spacial score (nSPS) is 16.9. The highest BCUT2D eigenvalue weighted by molar-refractivity contribution is 5.97. The molecule has 0 heterocycles. The van der Waals surface area contributed by atoms with Crippen LogP contribution >= 0.6 is 0 Å². The molecule has 0 radical (unpaired) electrons. The highest BCUT2D eigenvalue weighted by Crippen LogP contribution is 2.22. The van der Waals surface area contributed by atoms with Gasteiger partial charge in [-0.1, -0.05) is 51.3 Å². The van der Waals surface area contributed by atoms with Crippen LogP contribution in [-0.2, 0) is 4.79 Å². The van der Waals surface area contributed by atoms with Crippen molar-refractivity contribution in [3.8, 4) is 0 Å². The molecule has 1 N–H and O–H groups in total. The standard InChI is InChI=1S/C19H28N2O2/c1-14(2)17(20-18(22)15-10-6-4-7-11-15)19(23)21(3)16-12-8-5-9-13-16/h4,6-7,10-11,14,16-17H,5,8-9,12-13H2,1-3H3,(H,20,22). The van der Waals surface area contributed by atoms with Crippen LogP contribution in [0, 0.1) is 5.92 Å². The van der Waals surface area contributed by atoms with Crippen molar-refractivity contribution < 1.29 is 9.59 Å². The molecule has 4 heteroatoms. The van der Waals surface area contributed by atoms with Gasteiger partial charge in [-0.05, 0) is 30.9 Å². The Morgan fingerprint density at radius 1 is 1.09 bits per heavy atom. The second-order valence-electron chi connectivity index (χ2n) is 6.80. The Hall–Kier alpha value is -1.84. The molecule has 1 saturated carbocycles. The summed E-state index contributed by atoms with van der Waals surface area (Å²) in [7, 11) is 1.88. The van der Waals surface area contributed by atoms with E-state index in [1.54, 1.807) is 12.1 Å². The lowest BCUT2D eigenvalue weighted by atomic mass is 9.93. The summed E-state index contributed by atoms with van der Waals surface area (Å²) in [6, 6.07) is 8.90. The van der Waals surface area contributed by atoms with Gasteiger partial charge in [0, 0.05) is 18.7 Å². The van der Waals surface area contributed by atoms with Crippen molar-refractivity contribution in [2.45, 2.75) is 58.0 Å². The van der Waals surface area contributed by atoms with Gasteiger partial charge in [-0.25, -0.2) is 0 Å². The highest BCUT2D eigenvalue weighted by Gasteiger charge is 2.31. The fourth-order valence-electron chi connectivity index (χ4n) is 3.20. The number of carbonyl (C=O) groups is 2. The number of nitrogens with zero attached hydrogens (tertiary/aromatic N) is 1. The Balaban J connectivity index is 2.05. The lowest BCUT2D eigenvalue weighted by Gasteiger charge is -2.35. The first-order valence-corrected chi connectivity index (χ1v) is 8.63. The molecule has 1 aliphatic carbocycles. The van der Waals surface area contributed by atoms with Crippen LogP contribution in [0.2, 0.25) is 0 Å². The smallest absolute Gasteiger partial charge is 0.251 e. The van der Waals surface area contributed by atoms with Crippen LogP contribution in [0.15, 0.2) is 30.3 Å². The summed E-state index contributed by atoms with van der Waals surface area (Å²) >= 11 is 0. The fourth-order valence-corrected chi connectivity index (χ4v) is 3.20. The number of amides is 2. The molecule has 0 spiro atoms. The molecule has 4 nitrogen and oxygen atoms in total. The van der Waals surface area contributed by atoms with Crippen molar-refractivity contribution in [2.75, 3.05) is 7.05 Å². The first-order valence-electron chi connectivity index (χ1n) is 8.63. The molecule has 23 heavy (non-hydrogen) atoms. The Labute approximate surface area is 139 Å². The Kier molecular flexibility index (Phi) is 6.20. The third-order valence-electron chi connectivity index (χ3n) is 4.73. The minimum atomic E-state index is -0.477. The molecular formula is C19H28N2O2. The first kappa shape index (κ1) is 17.5. The second kappa shape index (κ2) is 8.14. The average molecular weight is 316 g/mol. The maximum absolute atomic E-state index is 12.9. The summed E-state index contributed by atoms with van der Waals surface area (Å²) in [5.74, 6) is -0.105. The summed E-state index contributed by atoms with van der Waals surface area (Å²) in [5, 5.41) is 2.92. The molecule has 1 aliphatic rings. The van der Waals surface area contributed by atoms with Crippen molar-refractivity contribution in [2.24, 2.45) is 5.92 Å². The molecule has 1 unspecified atom stereocenters. The summed E-state index contributed by atoms with van der Waals surface area (Å²) in [5.41, 5.74) is 0.589. The number of hydrogen-bond acceptors (Lipinski definition) is 2. The number of benzene rings is 1. The molecule has 0 aliphatic heterocycles. The maximum atomic E-state index is 12.9. The van der Waals surface area contributed by atoms with E-state index >= 15 is 0 Å². The molecule has 2 amide bonds. The zero-order valence-corrected chi connectivity index (χ0v) is 14.4. The molecule has 0 saturated heterocycles. The number of hydrogen-bond donors (Lipinski definition) is 1. The predicted octanol–water partition coefficient (Wildman–Crippen LogP) is 3.23. The fraction of sp³-hybridized carbons (Fsp3) is 0.579. The van der Waals surface area contributed by atoms with Crippen LogP contribution < -0.4 is 5.32 Å². The van der Waals surface area contributed by atoms with Gasteiger partial charge in [0.15, 0.2) is 0 Å². The minimum Gasteiger partial charge on any atom is -0.341 e. The van der Waals surface area contributed by atoms with Crippen molar-refractivity contribution in [3.05, 3.63) is 35.9 Å². The third-order valence-corrected chi connectivity index (χ3v) is 4.73. The van der Waals surface area contributed by atoms with E-state index in [0.717, 1.165) is 12.8 Å². The zero-order chi connectivity index (χ0) is 16.8. The monoisotopic (exact) mass is 316 g/mol. The molecule has 0 bridgehead atoms. The van der Waals surface area contributed by atoms with E-state index in [2.05, 4.69) is 5.32 Å². The van der Waals surface area contributed by atoms with Crippen LogP contribution in [0.25, 0.3) is 0 Å². The van der Waals surface area contributed by atoms with Gasteiger partial charge in [-0.15, -0.1) is 0 Å². The van der Waals surface area contributed by atoms with Gasteiger partial charge < -0.3 is 10.2 Å². The van der Waals surface area contributed by atoms with Crippen LogP contribution in [-0.4, -0.2) is 35.8 Å². The van der Waals surface area contributed by atoms with E-state index in [1.807, 2.05) is 44.0 Å². The second-order valence-corrected chi connectivity index (χ2v) is 6.80. The minimum absolute atomic E-state index is 0.0242. The van der Waals surface area contributed by atoms with Gasteiger partial charge in [-0.2, -0.15) is 0 Å². The molecule has 1 atom stereocenters. The van der Waals surface area contributed by atoms with Gasteiger partial charge in [-0.3, -0.25) is 9.59 Å². The van der Waals surface area contributed by atoms with E-state index < -0.39 is 6.04 Å². The molecular weight excluding hydrogens is 288 g/mol. The van der Waals surface area contributed by atoms with E-state index in [-0.39, 0.29) is 17.7 Å². The Morgan fingerprint density at radius 2 is 1.70 bits per heavy atom. The third kappa shape index (κ3) is 4.57. The summed E-state index contributed by atoms with van der Waals surface area (Å²) in [6.07, 6.45) is 5.77. The van der Waals surface area contributed by atoms with E-state index in [1.165, 1.54) is 19.3 Å². The topological polar surface area (TPSA) is 49.4 Å². The highest BCUT2D eigenvalue weighted by atomic mass is 16.2. The van der Waals surface area contributed by atoms with E-state index in [0.29, 0.717) is 11.6 Å². The number of rotatable bonds is 5. The molecule has 1 aromatic carbocycles. The zero-order valence-electron chi connectivity index (χ0n) is 14.4. The molecule has 1 aromatic rings. The van der Waals surface area contributed by atoms with Gasteiger partial charge in [0.05, 0.1) is 0 Å². The molecule has 0 aromatic heterocycles. The number of nitrogens with one attached hydrogen (secondary N) is 1. The van der Waals surface area contributed by atoms with Gasteiger partial charge in [0.1, 0.15) is 6.04 Å². The van der Waals surface area contributed by atoms with Gasteiger partial charge >= 0.3 is 0 Å². The van der Waals surface area contributed by atoms with Crippen LogP contribution in [0.5, 0.6) is 0 Å². The Bertz CT molecular complexity index is 521. The first-order chi connectivity index (χ1) is 11.0. The van der Waals surface area contributed by atoms with Crippen molar-refractivity contribution >= 4 is 11.8 Å². The lowest BCUT2D eigenvalue weighted by molar-refractivity contribution is -0.135. The van der Waals surface area contributed by atoms with E-state index in [4.69, 9.17) is 0 Å². The van der Waals surface area contributed by atoms with Crippen molar-refractivity contribution in [1.82, 2.24) is 10.2 Å². The molecule has 2 rings (SSSR count). The maximum Gasteiger partial charge on any atom is 0.251 e. The van der Waals surface area contributed by atoms with E-state index in [9.17, 15) is 9.59 Å². The largest absolute Gasteiger partial charge is 0.341 e. The Morgan fingerprint density at radius 3 is 2.26 bits per heavy atom. The average Bonchev–Trinajstić information content (AvgIpc) is 2.59. The molecule has 126 valence electrons. The van der Waals surface area contributed by atoms with Crippen LogP contribution in [0.3, 0.4) is 0 Å².